The molecule has 0 radical (unpaired) electrons. The molecular formula is C21H22N2O2. The molecule has 0 fully saturated rings. The second-order valence-corrected chi connectivity index (χ2v) is 6.87. The van der Waals surface area contributed by atoms with E-state index < -0.39 is 0 Å². The Morgan fingerprint density at radius 2 is 1.96 bits per heavy atom. The van der Waals surface area contributed by atoms with Crippen molar-refractivity contribution < 1.29 is 9.53 Å². The van der Waals surface area contributed by atoms with Gasteiger partial charge in [0.25, 0.3) is 0 Å². The summed E-state index contributed by atoms with van der Waals surface area (Å²) in [6.45, 7) is 3.67. The van der Waals surface area contributed by atoms with Crippen LogP contribution in [0.5, 0.6) is 5.75 Å². The van der Waals surface area contributed by atoms with Crippen molar-refractivity contribution in [2.24, 2.45) is 11.0 Å². The number of benzene rings is 2. The summed E-state index contributed by atoms with van der Waals surface area (Å²) in [5.41, 5.74) is 5.79. The van der Waals surface area contributed by atoms with E-state index in [1.165, 1.54) is 11.1 Å². The average Bonchev–Trinajstić information content (AvgIpc) is 3.02. The van der Waals surface area contributed by atoms with Gasteiger partial charge < -0.3 is 4.74 Å². The monoisotopic (exact) mass is 334 g/mol. The number of fused-ring (bicyclic) bond motifs is 3. The molecule has 0 saturated heterocycles. The summed E-state index contributed by atoms with van der Waals surface area (Å²) in [6.07, 6.45) is 2.00. The lowest BCUT2D eigenvalue weighted by molar-refractivity contribution is -0.131. The van der Waals surface area contributed by atoms with E-state index in [1.807, 2.05) is 6.07 Å². The minimum Gasteiger partial charge on any atom is -0.497 e. The van der Waals surface area contributed by atoms with Gasteiger partial charge in [0, 0.05) is 18.4 Å². The summed E-state index contributed by atoms with van der Waals surface area (Å²) in [4.78, 5) is 12.3. The lowest BCUT2D eigenvalue weighted by Gasteiger charge is -2.29. The zero-order valence-corrected chi connectivity index (χ0v) is 14.8. The van der Waals surface area contributed by atoms with Crippen LogP contribution in [0.3, 0.4) is 0 Å². The fraction of sp³-hybridized carbons (Fsp3) is 0.333. The Balaban J connectivity index is 1.80. The van der Waals surface area contributed by atoms with Gasteiger partial charge >= 0.3 is 0 Å². The first-order valence-corrected chi connectivity index (χ1v) is 8.70. The van der Waals surface area contributed by atoms with Gasteiger partial charge in [0.05, 0.1) is 18.9 Å². The molecule has 4 rings (SSSR count). The standard InChI is InChI=1S/C21H22N2O2/c1-13-4-6-16(7-5-13)21-18-11-9-15-8-10-17(25-3)12-19(15)20(18)22-23(21)14(2)24/h4-8,10,12,18,21H,9,11H2,1-3H3/t18-,21+/m0/s1. The van der Waals surface area contributed by atoms with Crippen LogP contribution in [0.15, 0.2) is 47.6 Å². The molecule has 4 nitrogen and oxygen atoms in total. The third kappa shape index (κ3) is 2.62. The van der Waals surface area contributed by atoms with Crippen LogP contribution in [0, 0.1) is 12.8 Å². The lowest BCUT2D eigenvalue weighted by atomic mass is 9.77. The molecule has 1 heterocycles. The first kappa shape index (κ1) is 15.9. The van der Waals surface area contributed by atoms with Crippen LogP contribution in [-0.2, 0) is 11.2 Å². The Morgan fingerprint density at radius 3 is 2.64 bits per heavy atom. The van der Waals surface area contributed by atoms with E-state index in [4.69, 9.17) is 9.84 Å². The number of methoxy groups -OCH3 is 1. The van der Waals surface area contributed by atoms with Crippen molar-refractivity contribution in [3.8, 4) is 5.75 Å². The molecule has 0 spiro atoms. The molecule has 2 aromatic carbocycles. The van der Waals surface area contributed by atoms with E-state index in [9.17, 15) is 4.79 Å². The topological polar surface area (TPSA) is 41.9 Å². The molecule has 0 N–H and O–H groups in total. The summed E-state index contributed by atoms with van der Waals surface area (Å²) < 4.78 is 5.39. The molecular weight excluding hydrogens is 312 g/mol. The van der Waals surface area contributed by atoms with Crippen LogP contribution in [0.25, 0.3) is 0 Å². The molecule has 25 heavy (non-hydrogen) atoms. The van der Waals surface area contributed by atoms with Crippen LogP contribution in [0.4, 0.5) is 0 Å². The van der Waals surface area contributed by atoms with Crippen molar-refractivity contribution in [1.82, 2.24) is 5.01 Å². The fourth-order valence-electron chi connectivity index (χ4n) is 3.97. The van der Waals surface area contributed by atoms with Crippen LogP contribution >= 0.6 is 0 Å². The molecule has 4 heteroatoms. The molecule has 0 saturated carbocycles. The van der Waals surface area contributed by atoms with Gasteiger partial charge in [0.2, 0.25) is 5.91 Å². The fourth-order valence-corrected chi connectivity index (χ4v) is 3.97. The predicted octanol–water partition coefficient (Wildman–Crippen LogP) is 3.87. The Kier molecular flexibility index (Phi) is 3.83. The summed E-state index contributed by atoms with van der Waals surface area (Å²) in [5.74, 6) is 1.04. The first-order valence-electron chi connectivity index (χ1n) is 8.70. The number of aryl methyl sites for hydroxylation is 2. The zero-order chi connectivity index (χ0) is 17.6. The van der Waals surface area contributed by atoms with Gasteiger partial charge in [-0.3, -0.25) is 4.79 Å². The number of nitrogens with zero attached hydrogens (tertiary/aromatic N) is 2. The van der Waals surface area contributed by atoms with E-state index in [0.29, 0.717) is 0 Å². The highest BCUT2D eigenvalue weighted by Gasteiger charge is 2.43. The number of amides is 1. The van der Waals surface area contributed by atoms with Crippen molar-refractivity contribution in [3.63, 3.8) is 0 Å². The van der Waals surface area contributed by atoms with E-state index in [2.05, 4.69) is 43.3 Å². The molecule has 1 amide bonds. The highest BCUT2D eigenvalue weighted by atomic mass is 16.5. The van der Waals surface area contributed by atoms with Gasteiger partial charge in [0.15, 0.2) is 0 Å². The van der Waals surface area contributed by atoms with E-state index in [0.717, 1.165) is 35.4 Å². The number of rotatable bonds is 2. The number of carbonyl (C=O) groups excluding carboxylic acids is 1. The maximum Gasteiger partial charge on any atom is 0.240 e. The van der Waals surface area contributed by atoms with Crippen molar-refractivity contribution >= 4 is 11.6 Å². The Labute approximate surface area is 148 Å². The number of hydrogen-bond donors (Lipinski definition) is 0. The second kappa shape index (κ2) is 6.03. The van der Waals surface area contributed by atoms with Crippen molar-refractivity contribution in [2.45, 2.75) is 32.7 Å². The normalized spacial score (nSPS) is 21.4. The smallest absolute Gasteiger partial charge is 0.240 e. The third-order valence-electron chi connectivity index (χ3n) is 5.27. The predicted molar refractivity (Wildman–Crippen MR) is 97.8 cm³/mol. The van der Waals surface area contributed by atoms with Crippen molar-refractivity contribution in [3.05, 3.63) is 64.7 Å². The molecule has 2 aliphatic rings. The van der Waals surface area contributed by atoms with Crippen LogP contribution in [0.2, 0.25) is 0 Å². The van der Waals surface area contributed by atoms with E-state index >= 15 is 0 Å². The largest absolute Gasteiger partial charge is 0.497 e. The molecule has 1 aliphatic carbocycles. The average molecular weight is 334 g/mol. The Bertz CT molecular complexity index is 855. The SMILES string of the molecule is COc1ccc2c(c1)C1=NN(C(C)=O)[C@H](c3ccc(C)cc3)[C@H]1CC2. The molecule has 1 aliphatic heterocycles. The van der Waals surface area contributed by atoms with Gasteiger partial charge in [-0.05, 0) is 43.0 Å². The minimum absolute atomic E-state index is 0.0167. The summed E-state index contributed by atoms with van der Waals surface area (Å²) >= 11 is 0. The van der Waals surface area contributed by atoms with E-state index in [1.54, 1.807) is 19.0 Å². The molecule has 2 atom stereocenters. The number of hydrogen-bond acceptors (Lipinski definition) is 3. The van der Waals surface area contributed by atoms with Gasteiger partial charge in [-0.1, -0.05) is 35.9 Å². The van der Waals surface area contributed by atoms with Crippen LogP contribution < -0.4 is 4.74 Å². The number of carbonyl (C=O) groups is 1. The molecule has 128 valence electrons. The maximum atomic E-state index is 12.3. The van der Waals surface area contributed by atoms with E-state index in [-0.39, 0.29) is 17.9 Å². The van der Waals surface area contributed by atoms with Gasteiger partial charge in [0.1, 0.15) is 5.75 Å². The third-order valence-corrected chi connectivity index (χ3v) is 5.27. The minimum atomic E-state index is -0.0209. The van der Waals surface area contributed by atoms with Gasteiger partial charge in [-0.25, -0.2) is 5.01 Å². The summed E-state index contributed by atoms with van der Waals surface area (Å²) in [5, 5.41) is 6.42. The number of hydrazone groups is 1. The molecule has 0 aromatic heterocycles. The quantitative estimate of drug-likeness (QED) is 0.836. The molecule has 0 bridgehead atoms. The Hall–Kier alpha value is -2.62. The number of ether oxygens (including phenoxy) is 1. The van der Waals surface area contributed by atoms with Crippen LogP contribution in [0.1, 0.15) is 41.6 Å². The molecule has 2 aromatic rings. The first-order chi connectivity index (χ1) is 12.1. The lowest BCUT2D eigenvalue weighted by Crippen LogP contribution is -2.31. The molecule has 0 unspecified atom stereocenters. The maximum absolute atomic E-state index is 12.3. The van der Waals surface area contributed by atoms with Crippen molar-refractivity contribution in [2.75, 3.05) is 7.11 Å². The van der Waals surface area contributed by atoms with Crippen LogP contribution in [-0.4, -0.2) is 23.7 Å². The summed E-state index contributed by atoms with van der Waals surface area (Å²) in [7, 11) is 1.68. The summed E-state index contributed by atoms with van der Waals surface area (Å²) in [6, 6.07) is 14.6. The Morgan fingerprint density at radius 1 is 1.20 bits per heavy atom. The second-order valence-electron chi connectivity index (χ2n) is 6.87. The van der Waals surface area contributed by atoms with Crippen molar-refractivity contribution in [1.29, 1.82) is 0 Å². The zero-order valence-electron chi connectivity index (χ0n) is 14.8. The highest BCUT2D eigenvalue weighted by molar-refractivity contribution is 6.07. The highest BCUT2D eigenvalue weighted by Crippen LogP contribution is 2.43. The van der Waals surface area contributed by atoms with Gasteiger partial charge in [-0.15, -0.1) is 0 Å². The van der Waals surface area contributed by atoms with Gasteiger partial charge in [-0.2, -0.15) is 5.10 Å².